The van der Waals surface area contributed by atoms with Gasteiger partial charge in [-0.2, -0.15) is 0 Å². The molecule has 0 aromatic heterocycles. The Morgan fingerprint density at radius 1 is 1.09 bits per heavy atom. The molecule has 3 rings (SSSR count). The highest BCUT2D eigenvalue weighted by molar-refractivity contribution is 5.92. The number of hydrogen-bond acceptors (Lipinski definition) is 4. The molecule has 0 atom stereocenters. The summed E-state index contributed by atoms with van der Waals surface area (Å²) < 4.78 is 10.6. The van der Waals surface area contributed by atoms with Crippen LogP contribution in [0.5, 0.6) is 11.5 Å². The van der Waals surface area contributed by atoms with Gasteiger partial charge >= 0.3 is 0 Å². The molecule has 1 aliphatic rings. The molecule has 2 aromatic carbocycles. The number of hydrogen-bond donors (Lipinski definition) is 2. The Morgan fingerprint density at radius 3 is 2.68 bits per heavy atom. The van der Waals surface area contributed by atoms with Gasteiger partial charge < -0.3 is 20.1 Å². The van der Waals surface area contributed by atoms with Crippen molar-refractivity contribution >= 4 is 11.6 Å². The first-order chi connectivity index (χ1) is 10.7. The largest absolute Gasteiger partial charge is 0.454 e. The summed E-state index contributed by atoms with van der Waals surface area (Å²) in [6.07, 6.45) is 0. The maximum Gasteiger partial charge on any atom is 0.238 e. The fraction of sp³-hybridized carbons (Fsp3) is 0.235. The van der Waals surface area contributed by atoms with Crippen molar-refractivity contribution in [3.8, 4) is 11.5 Å². The summed E-state index contributed by atoms with van der Waals surface area (Å²) in [7, 11) is 0. The van der Waals surface area contributed by atoms with Crippen LogP contribution in [0.3, 0.4) is 0 Å². The van der Waals surface area contributed by atoms with Gasteiger partial charge in [0.1, 0.15) is 0 Å². The maximum absolute atomic E-state index is 11.9. The van der Waals surface area contributed by atoms with Gasteiger partial charge in [-0.05, 0) is 36.8 Å². The van der Waals surface area contributed by atoms with Crippen LogP contribution >= 0.6 is 0 Å². The number of carbonyl (C=O) groups is 1. The lowest BCUT2D eigenvalue weighted by atomic mass is 10.2. The normalized spacial score (nSPS) is 12.2. The van der Waals surface area contributed by atoms with Crippen LogP contribution in [0.1, 0.15) is 11.1 Å². The second-order valence-electron chi connectivity index (χ2n) is 5.21. The predicted molar refractivity (Wildman–Crippen MR) is 84.1 cm³/mol. The summed E-state index contributed by atoms with van der Waals surface area (Å²) in [6, 6.07) is 13.5. The van der Waals surface area contributed by atoms with E-state index in [0.717, 1.165) is 22.7 Å². The molecule has 0 unspecified atom stereocenters. The van der Waals surface area contributed by atoms with Crippen LogP contribution in [-0.2, 0) is 11.3 Å². The van der Waals surface area contributed by atoms with Crippen LogP contribution in [-0.4, -0.2) is 19.2 Å². The fourth-order valence-corrected chi connectivity index (χ4v) is 2.21. The molecular weight excluding hydrogens is 280 g/mol. The van der Waals surface area contributed by atoms with Crippen molar-refractivity contribution in [1.82, 2.24) is 5.32 Å². The average Bonchev–Trinajstić information content (AvgIpc) is 2.97. The van der Waals surface area contributed by atoms with Crippen LogP contribution in [0.2, 0.25) is 0 Å². The van der Waals surface area contributed by atoms with Crippen molar-refractivity contribution in [2.75, 3.05) is 18.7 Å². The van der Waals surface area contributed by atoms with Crippen molar-refractivity contribution in [3.63, 3.8) is 0 Å². The highest BCUT2D eigenvalue weighted by Crippen LogP contribution is 2.32. The summed E-state index contributed by atoms with van der Waals surface area (Å²) >= 11 is 0. The lowest BCUT2D eigenvalue weighted by molar-refractivity contribution is -0.115. The van der Waals surface area contributed by atoms with Crippen LogP contribution in [0.4, 0.5) is 5.69 Å². The summed E-state index contributed by atoms with van der Waals surface area (Å²) in [5.74, 6) is 1.45. The quantitative estimate of drug-likeness (QED) is 0.890. The second kappa shape index (κ2) is 6.49. The minimum atomic E-state index is -0.0652. The van der Waals surface area contributed by atoms with Gasteiger partial charge in [0.25, 0.3) is 0 Å². The van der Waals surface area contributed by atoms with Crippen LogP contribution in [0, 0.1) is 6.92 Å². The Bertz CT molecular complexity index is 668. The molecule has 114 valence electrons. The fourth-order valence-electron chi connectivity index (χ4n) is 2.21. The van der Waals surface area contributed by atoms with E-state index in [4.69, 9.17) is 9.47 Å². The maximum atomic E-state index is 11.9. The molecule has 0 radical (unpaired) electrons. The van der Waals surface area contributed by atoms with Gasteiger partial charge in [-0.15, -0.1) is 0 Å². The van der Waals surface area contributed by atoms with Crippen molar-refractivity contribution in [2.45, 2.75) is 13.5 Å². The number of ether oxygens (including phenoxy) is 2. The van der Waals surface area contributed by atoms with E-state index in [1.165, 1.54) is 5.56 Å². The van der Waals surface area contributed by atoms with Gasteiger partial charge in [0, 0.05) is 12.2 Å². The van der Waals surface area contributed by atoms with Crippen molar-refractivity contribution < 1.29 is 14.3 Å². The third-order valence-electron chi connectivity index (χ3n) is 3.39. The monoisotopic (exact) mass is 298 g/mol. The van der Waals surface area contributed by atoms with E-state index in [1.54, 1.807) is 0 Å². The van der Waals surface area contributed by atoms with Crippen molar-refractivity contribution in [1.29, 1.82) is 0 Å². The van der Waals surface area contributed by atoms with Crippen molar-refractivity contribution in [3.05, 3.63) is 53.6 Å². The number of nitrogens with one attached hydrogen (secondary N) is 2. The van der Waals surface area contributed by atoms with Crippen LogP contribution in [0.15, 0.2) is 42.5 Å². The Kier molecular flexibility index (Phi) is 4.25. The second-order valence-corrected chi connectivity index (χ2v) is 5.21. The number of aryl methyl sites for hydroxylation is 1. The third-order valence-corrected chi connectivity index (χ3v) is 3.39. The van der Waals surface area contributed by atoms with Gasteiger partial charge in [0.05, 0.1) is 6.54 Å². The molecule has 0 spiro atoms. The first-order valence-corrected chi connectivity index (χ1v) is 7.16. The van der Waals surface area contributed by atoms with Gasteiger partial charge in [-0.25, -0.2) is 0 Å². The van der Waals surface area contributed by atoms with Gasteiger partial charge in [-0.3, -0.25) is 4.79 Å². The van der Waals surface area contributed by atoms with E-state index < -0.39 is 0 Å². The Balaban J connectivity index is 1.46. The lowest BCUT2D eigenvalue weighted by Crippen LogP contribution is -2.27. The van der Waals surface area contributed by atoms with Crippen LogP contribution < -0.4 is 20.1 Å². The minimum Gasteiger partial charge on any atom is -0.454 e. The number of carbonyl (C=O) groups excluding carboxylic acids is 1. The number of anilines is 1. The molecule has 0 saturated carbocycles. The Morgan fingerprint density at radius 2 is 1.86 bits per heavy atom. The highest BCUT2D eigenvalue weighted by Gasteiger charge is 2.13. The molecule has 2 aromatic rings. The average molecular weight is 298 g/mol. The molecule has 0 bridgehead atoms. The van der Waals surface area contributed by atoms with Gasteiger partial charge in [0.2, 0.25) is 12.7 Å². The summed E-state index contributed by atoms with van der Waals surface area (Å²) in [5, 5.41) is 5.97. The zero-order valence-electron chi connectivity index (χ0n) is 12.4. The zero-order chi connectivity index (χ0) is 15.4. The van der Waals surface area contributed by atoms with E-state index in [2.05, 4.69) is 10.6 Å². The zero-order valence-corrected chi connectivity index (χ0v) is 12.4. The van der Waals surface area contributed by atoms with Crippen molar-refractivity contribution in [2.24, 2.45) is 0 Å². The first-order valence-electron chi connectivity index (χ1n) is 7.16. The van der Waals surface area contributed by atoms with Gasteiger partial charge in [-0.1, -0.05) is 23.8 Å². The number of fused-ring (bicyclic) bond motifs is 1. The number of rotatable bonds is 5. The van der Waals surface area contributed by atoms with E-state index >= 15 is 0 Å². The molecule has 0 aliphatic carbocycles. The number of amides is 1. The van der Waals surface area contributed by atoms with E-state index in [9.17, 15) is 4.79 Å². The molecule has 2 N–H and O–H groups in total. The molecule has 1 aliphatic heterocycles. The van der Waals surface area contributed by atoms with Crippen LogP contribution in [0.25, 0.3) is 0 Å². The molecular formula is C17H18N2O3. The van der Waals surface area contributed by atoms with E-state index in [0.29, 0.717) is 6.54 Å². The summed E-state index contributed by atoms with van der Waals surface area (Å²) in [4.78, 5) is 11.9. The number of benzene rings is 2. The molecule has 1 amide bonds. The van der Waals surface area contributed by atoms with E-state index in [-0.39, 0.29) is 19.2 Å². The SMILES string of the molecule is Cc1ccc(NC(=O)CNCc2ccc3c(c2)OCO3)cc1. The minimum absolute atomic E-state index is 0.0652. The Hall–Kier alpha value is -2.53. The van der Waals surface area contributed by atoms with Gasteiger partial charge in [0.15, 0.2) is 11.5 Å². The molecule has 0 saturated heterocycles. The molecule has 0 fully saturated rings. The molecule has 5 nitrogen and oxygen atoms in total. The molecule has 1 heterocycles. The highest BCUT2D eigenvalue weighted by atomic mass is 16.7. The molecule has 22 heavy (non-hydrogen) atoms. The standard InChI is InChI=1S/C17H18N2O3/c1-12-2-5-14(6-3-12)19-17(20)10-18-9-13-4-7-15-16(8-13)22-11-21-15/h2-8,18H,9-11H2,1H3,(H,19,20). The summed E-state index contributed by atoms with van der Waals surface area (Å²) in [5.41, 5.74) is 3.02. The topological polar surface area (TPSA) is 59.6 Å². The van der Waals surface area contributed by atoms with E-state index in [1.807, 2.05) is 49.4 Å². The Labute approximate surface area is 129 Å². The third kappa shape index (κ3) is 3.56. The molecule has 5 heteroatoms. The summed E-state index contributed by atoms with van der Waals surface area (Å²) in [6.45, 7) is 3.13. The first kappa shape index (κ1) is 14.4. The smallest absolute Gasteiger partial charge is 0.238 e. The predicted octanol–water partition coefficient (Wildman–Crippen LogP) is 2.45. The lowest BCUT2D eigenvalue weighted by Gasteiger charge is -2.07.